The summed E-state index contributed by atoms with van der Waals surface area (Å²) >= 11 is 0. The third kappa shape index (κ3) is 2.45. The van der Waals surface area contributed by atoms with Gasteiger partial charge >= 0.3 is 0 Å². The normalized spacial score (nSPS) is 10.9. The van der Waals surface area contributed by atoms with E-state index in [9.17, 15) is 13.6 Å². The Bertz CT molecular complexity index is 835. The smallest absolute Gasteiger partial charge is 0.252 e. The first-order valence-electron chi connectivity index (χ1n) is 6.83. The highest BCUT2D eigenvalue weighted by Gasteiger charge is 2.13. The molecule has 1 amide bonds. The van der Waals surface area contributed by atoms with E-state index >= 15 is 0 Å². The van der Waals surface area contributed by atoms with Gasteiger partial charge in [-0.25, -0.2) is 8.78 Å². The van der Waals surface area contributed by atoms with Crippen molar-refractivity contribution in [3.8, 4) is 0 Å². The van der Waals surface area contributed by atoms with Crippen LogP contribution in [0.25, 0.3) is 10.9 Å². The van der Waals surface area contributed by atoms with Crippen LogP contribution in [0.2, 0.25) is 0 Å². The Kier molecular flexibility index (Phi) is 3.63. The van der Waals surface area contributed by atoms with E-state index < -0.39 is 11.6 Å². The van der Waals surface area contributed by atoms with Crippen molar-refractivity contribution in [2.75, 3.05) is 0 Å². The van der Waals surface area contributed by atoms with E-state index in [0.29, 0.717) is 5.56 Å². The summed E-state index contributed by atoms with van der Waals surface area (Å²) in [4.78, 5) is 12.3. The molecule has 0 atom stereocenters. The number of hydrogen-bond acceptors (Lipinski definition) is 1. The van der Waals surface area contributed by atoms with Crippen molar-refractivity contribution in [2.45, 2.75) is 6.54 Å². The monoisotopic (exact) mass is 300 g/mol. The summed E-state index contributed by atoms with van der Waals surface area (Å²) in [7, 11) is 1.89. The van der Waals surface area contributed by atoms with Crippen molar-refractivity contribution in [3.63, 3.8) is 0 Å². The average molecular weight is 300 g/mol. The number of fused-ring (bicyclic) bond motifs is 1. The molecule has 3 nitrogen and oxygen atoms in total. The predicted octanol–water partition coefficient (Wildman–Crippen LogP) is 3.39. The molecular formula is C17H14F2N2O. The van der Waals surface area contributed by atoms with Gasteiger partial charge in [-0.2, -0.15) is 0 Å². The van der Waals surface area contributed by atoms with Crippen LogP contribution in [0.4, 0.5) is 8.78 Å². The molecule has 2 aromatic carbocycles. The van der Waals surface area contributed by atoms with Crippen LogP contribution >= 0.6 is 0 Å². The lowest BCUT2D eigenvalue weighted by Crippen LogP contribution is -2.24. The van der Waals surface area contributed by atoms with Crippen LogP contribution in [0.15, 0.2) is 48.7 Å². The molecule has 0 aliphatic heterocycles. The van der Waals surface area contributed by atoms with Crippen LogP contribution in [0, 0.1) is 11.6 Å². The van der Waals surface area contributed by atoms with Crippen molar-refractivity contribution in [3.05, 3.63) is 71.4 Å². The van der Waals surface area contributed by atoms with E-state index in [1.54, 1.807) is 12.1 Å². The van der Waals surface area contributed by atoms with Crippen LogP contribution in [-0.4, -0.2) is 10.5 Å². The van der Waals surface area contributed by atoms with E-state index in [-0.39, 0.29) is 18.0 Å². The summed E-state index contributed by atoms with van der Waals surface area (Å²) in [6.45, 7) is -0.194. The Hall–Kier alpha value is -2.69. The Morgan fingerprint density at radius 1 is 1.09 bits per heavy atom. The number of benzene rings is 2. The van der Waals surface area contributed by atoms with Gasteiger partial charge in [-0.1, -0.05) is 12.1 Å². The minimum absolute atomic E-state index is 0.143. The number of nitrogens with one attached hydrogen (secondary N) is 1. The molecule has 112 valence electrons. The zero-order chi connectivity index (χ0) is 15.7. The number of aromatic nitrogens is 1. The molecule has 3 rings (SSSR count). The SMILES string of the molecule is Cn1ccc2c(C(=O)NCc3c(F)cccc3F)cccc21. The van der Waals surface area contributed by atoms with Crippen molar-refractivity contribution >= 4 is 16.8 Å². The van der Waals surface area contributed by atoms with Crippen LogP contribution in [0.1, 0.15) is 15.9 Å². The first kappa shape index (κ1) is 14.3. The standard InChI is InChI=1S/C17H14F2N2O/c1-21-9-8-11-12(4-2-7-16(11)21)17(22)20-10-13-14(18)5-3-6-15(13)19/h2-9H,10H2,1H3,(H,20,22). The summed E-state index contributed by atoms with van der Waals surface area (Å²) in [5.74, 6) is -1.70. The lowest BCUT2D eigenvalue weighted by molar-refractivity contribution is 0.0952. The first-order chi connectivity index (χ1) is 10.6. The van der Waals surface area contributed by atoms with Crippen molar-refractivity contribution in [1.82, 2.24) is 9.88 Å². The minimum Gasteiger partial charge on any atom is -0.351 e. The maximum absolute atomic E-state index is 13.6. The number of carbonyl (C=O) groups excluding carboxylic acids is 1. The first-order valence-corrected chi connectivity index (χ1v) is 6.83. The van der Waals surface area contributed by atoms with Gasteiger partial charge in [0, 0.05) is 41.8 Å². The second kappa shape index (κ2) is 5.60. The number of amides is 1. The number of hydrogen-bond donors (Lipinski definition) is 1. The molecule has 1 N–H and O–H groups in total. The fraction of sp³-hybridized carbons (Fsp3) is 0.118. The van der Waals surface area contributed by atoms with Gasteiger partial charge < -0.3 is 9.88 Å². The van der Waals surface area contributed by atoms with E-state index in [0.717, 1.165) is 10.9 Å². The van der Waals surface area contributed by atoms with Gasteiger partial charge in [0.25, 0.3) is 5.91 Å². The molecule has 5 heteroatoms. The molecule has 1 heterocycles. The summed E-state index contributed by atoms with van der Waals surface area (Å²) in [6, 6.07) is 10.8. The zero-order valence-electron chi connectivity index (χ0n) is 11.9. The Morgan fingerprint density at radius 3 is 2.50 bits per heavy atom. The molecule has 22 heavy (non-hydrogen) atoms. The molecule has 0 radical (unpaired) electrons. The van der Waals surface area contributed by atoms with E-state index in [2.05, 4.69) is 5.32 Å². The molecule has 0 unspecified atom stereocenters. The summed E-state index contributed by atoms with van der Waals surface area (Å²) in [5.41, 5.74) is 1.26. The molecule has 1 aromatic heterocycles. The van der Waals surface area contributed by atoms with E-state index in [1.165, 1.54) is 18.2 Å². The van der Waals surface area contributed by atoms with Crippen molar-refractivity contribution < 1.29 is 13.6 Å². The number of rotatable bonds is 3. The Morgan fingerprint density at radius 2 is 1.77 bits per heavy atom. The third-order valence-corrected chi connectivity index (χ3v) is 3.66. The van der Waals surface area contributed by atoms with E-state index in [4.69, 9.17) is 0 Å². The highest BCUT2D eigenvalue weighted by Crippen LogP contribution is 2.19. The molecule has 0 bridgehead atoms. The molecule has 3 aromatic rings. The third-order valence-electron chi connectivity index (χ3n) is 3.66. The van der Waals surface area contributed by atoms with Gasteiger partial charge in [0.15, 0.2) is 0 Å². The summed E-state index contributed by atoms with van der Waals surface area (Å²) in [5, 5.41) is 3.37. The second-order valence-corrected chi connectivity index (χ2v) is 5.05. The fourth-order valence-corrected chi connectivity index (χ4v) is 2.47. The van der Waals surface area contributed by atoms with Gasteiger partial charge in [0.2, 0.25) is 0 Å². The molecule has 0 aliphatic carbocycles. The predicted molar refractivity (Wildman–Crippen MR) is 80.4 cm³/mol. The lowest BCUT2D eigenvalue weighted by Gasteiger charge is -2.08. The van der Waals surface area contributed by atoms with Crippen LogP contribution in [0.3, 0.4) is 0 Å². The molecular weight excluding hydrogens is 286 g/mol. The molecule has 0 saturated heterocycles. The lowest BCUT2D eigenvalue weighted by atomic mass is 10.1. The van der Waals surface area contributed by atoms with Gasteiger partial charge in [-0.3, -0.25) is 4.79 Å². The van der Waals surface area contributed by atoms with Crippen molar-refractivity contribution in [1.29, 1.82) is 0 Å². The maximum atomic E-state index is 13.6. The van der Waals surface area contributed by atoms with Gasteiger partial charge in [0.05, 0.1) is 0 Å². The number of aryl methyl sites for hydroxylation is 1. The van der Waals surface area contributed by atoms with Crippen LogP contribution < -0.4 is 5.32 Å². The number of nitrogens with zero attached hydrogens (tertiary/aromatic N) is 1. The van der Waals surface area contributed by atoms with Crippen LogP contribution in [-0.2, 0) is 13.6 Å². The molecule has 0 aliphatic rings. The topological polar surface area (TPSA) is 34.0 Å². The zero-order valence-corrected chi connectivity index (χ0v) is 11.9. The minimum atomic E-state index is -0.668. The van der Waals surface area contributed by atoms with Crippen molar-refractivity contribution in [2.24, 2.45) is 7.05 Å². The fourth-order valence-electron chi connectivity index (χ4n) is 2.47. The van der Waals surface area contributed by atoms with Gasteiger partial charge in [-0.05, 0) is 30.3 Å². The van der Waals surface area contributed by atoms with Crippen LogP contribution in [0.5, 0.6) is 0 Å². The second-order valence-electron chi connectivity index (χ2n) is 5.05. The highest BCUT2D eigenvalue weighted by molar-refractivity contribution is 6.06. The molecule has 0 saturated carbocycles. The number of halogens is 2. The Balaban J connectivity index is 1.85. The average Bonchev–Trinajstić information content (AvgIpc) is 2.88. The summed E-state index contributed by atoms with van der Waals surface area (Å²) in [6.07, 6.45) is 1.86. The Labute approximate surface area is 126 Å². The maximum Gasteiger partial charge on any atom is 0.252 e. The molecule has 0 spiro atoms. The quantitative estimate of drug-likeness (QED) is 0.790. The highest BCUT2D eigenvalue weighted by atomic mass is 19.1. The largest absolute Gasteiger partial charge is 0.351 e. The molecule has 0 fully saturated rings. The number of carbonyl (C=O) groups is 1. The van der Waals surface area contributed by atoms with E-state index in [1.807, 2.05) is 29.9 Å². The van der Waals surface area contributed by atoms with Gasteiger partial charge in [-0.15, -0.1) is 0 Å². The van der Waals surface area contributed by atoms with Gasteiger partial charge in [0.1, 0.15) is 11.6 Å². The summed E-state index contributed by atoms with van der Waals surface area (Å²) < 4.78 is 29.0.